The molecule has 0 aromatic heterocycles. The lowest BCUT2D eigenvalue weighted by Crippen LogP contribution is -2.52. The van der Waals surface area contributed by atoms with Crippen molar-refractivity contribution in [3.63, 3.8) is 0 Å². The van der Waals surface area contributed by atoms with Crippen LogP contribution in [-0.4, -0.2) is 25.5 Å². The van der Waals surface area contributed by atoms with E-state index < -0.39 is 0 Å². The summed E-state index contributed by atoms with van der Waals surface area (Å²) in [4.78, 5) is 11.9. The van der Waals surface area contributed by atoms with E-state index in [-0.39, 0.29) is 11.8 Å². The Kier molecular flexibility index (Phi) is 4.08. The minimum absolute atomic E-state index is 0.229. The number of nitrogens with one attached hydrogen (secondary N) is 2. The summed E-state index contributed by atoms with van der Waals surface area (Å²) in [6, 6.07) is 0. The second-order valence-corrected chi connectivity index (χ2v) is 6.38. The van der Waals surface area contributed by atoms with Gasteiger partial charge in [0.25, 0.3) is 0 Å². The van der Waals surface area contributed by atoms with Crippen molar-refractivity contribution >= 4 is 5.91 Å². The Labute approximate surface area is 105 Å². The lowest BCUT2D eigenvalue weighted by atomic mass is 9.78. The van der Waals surface area contributed by atoms with Gasteiger partial charge in [0.2, 0.25) is 5.91 Å². The van der Waals surface area contributed by atoms with Gasteiger partial charge in [-0.05, 0) is 30.6 Å². The van der Waals surface area contributed by atoms with Gasteiger partial charge in [-0.25, -0.2) is 0 Å². The Bertz CT molecular complexity index is 265. The number of rotatable bonds is 5. The Morgan fingerprint density at radius 2 is 2.00 bits per heavy atom. The van der Waals surface area contributed by atoms with Crippen molar-refractivity contribution in [2.24, 2.45) is 17.3 Å². The molecule has 17 heavy (non-hydrogen) atoms. The predicted molar refractivity (Wildman–Crippen MR) is 69.7 cm³/mol. The van der Waals surface area contributed by atoms with E-state index in [9.17, 15) is 4.79 Å². The van der Waals surface area contributed by atoms with E-state index in [2.05, 4.69) is 24.5 Å². The fourth-order valence-electron chi connectivity index (χ4n) is 3.34. The number of amides is 1. The first-order chi connectivity index (χ1) is 8.11. The summed E-state index contributed by atoms with van der Waals surface area (Å²) >= 11 is 0. The van der Waals surface area contributed by atoms with Crippen LogP contribution in [0.15, 0.2) is 0 Å². The minimum atomic E-state index is 0.229. The van der Waals surface area contributed by atoms with Gasteiger partial charge in [-0.1, -0.05) is 26.7 Å². The molecule has 2 aliphatic rings. The summed E-state index contributed by atoms with van der Waals surface area (Å²) < 4.78 is 0. The fourth-order valence-corrected chi connectivity index (χ4v) is 3.34. The molecular weight excluding hydrogens is 212 g/mol. The van der Waals surface area contributed by atoms with Crippen molar-refractivity contribution in [1.82, 2.24) is 10.6 Å². The lowest BCUT2D eigenvalue weighted by molar-refractivity contribution is -0.127. The van der Waals surface area contributed by atoms with Crippen molar-refractivity contribution in [3.8, 4) is 0 Å². The minimum Gasteiger partial charge on any atom is -0.355 e. The molecule has 0 aromatic carbocycles. The molecule has 1 saturated carbocycles. The molecule has 1 aliphatic heterocycles. The molecule has 1 saturated heterocycles. The fraction of sp³-hybridized carbons (Fsp3) is 0.929. The maximum absolute atomic E-state index is 11.9. The van der Waals surface area contributed by atoms with Gasteiger partial charge in [-0.15, -0.1) is 0 Å². The van der Waals surface area contributed by atoms with E-state index in [1.54, 1.807) is 0 Å². The molecule has 2 rings (SSSR count). The zero-order valence-corrected chi connectivity index (χ0v) is 11.2. The van der Waals surface area contributed by atoms with Crippen LogP contribution in [0.3, 0.4) is 0 Å². The van der Waals surface area contributed by atoms with Crippen LogP contribution in [0.5, 0.6) is 0 Å². The van der Waals surface area contributed by atoms with Gasteiger partial charge < -0.3 is 10.6 Å². The number of hydrogen-bond acceptors (Lipinski definition) is 2. The van der Waals surface area contributed by atoms with Crippen molar-refractivity contribution in [2.75, 3.05) is 19.6 Å². The summed E-state index contributed by atoms with van der Waals surface area (Å²) in [6.07, 6.45) is 6.54. The molecule has 0 atom stereocenters. The SMILES string of the molecule is CC(C)CC1(CNC(=O)C2CNC2)CCCC1. The number of carbonyl (C=O) groups excluding carboxylic acids is 1. The summed E-state index contributed by atoms with van der Waals surface area (Å²) in [5, 5.41) is 6.34. The van der Waals surface area contributed by atoms with Crippen molar-refractivity contribution in [2.45, 2.75) is 46.0 Å². The first kappa shape index (κ1) is 12.9. The van der Waals surface area contributed by atoms with Crippen LogP contribution in [-0.2, 0) is 4.79 Å². The third-order valence-corrected chi connectivity index (χ3v) is 4.30. The van der Waals surface area contributed by atoms with E-state index in [4.69, 9.17) is 0 Å². The first-order valence-electron chi connectivity index (χ1n) is 7.10. The van der Waals surface area contributed by atoms with Crippen molar-refractivity contribution in [1.29, 1.82) is 0 Å². The second-order valence-electron chi connectivity index (χ2n) is 6.38. The quantitative estimate of drug-likeness (QED) is 0.768. The van der Waals surface area contributed by atoms with E-state index in [0.29, 0.717) is 5.41 Å². The monoisotopic (exact) mass is 238 g/mol. The molecule has 1 amide bonds. The van der Waals surface area contributed by atoms with Crippen LogP contribution in [0.4, 0.5) is 0 Å². The Morgan fingerprint density at radius 1 is 1.35 bits per heavy atom. The van der Waals surface area contributed by atoms with Crippen molar-refractivity contribution < 1.29 is 4.79 Å². The van der Waals surface area contributed by atoms with Crippen LogP contribution in [0, 0.1) is 17.3 Å². The highest BCUT2D eigenvalue weighted by atomic mass is 16.2. The molecule has 2 N–H and O–H groups in total. The summed E-state index contributed by atoms with van der Waals surface area (Å²) in [5.41, 5.74) is 0.404. The second kappa shape index (κ2) is 5.38. The van der Waals surface area contributed by atoms with Crippen LogP contribution < -0.4 is 10.6 Å². The molecular formula is C14H26N2O. The van der Waals surface area contributed by atoms with Crippen LogP contribution in [0.25, 0.3) is 0 Å². The van der Waals surface area contributed by atoms with E-state index in [1.807, 2.05) is 0 Å². The van der Waals surface area contributed by atoms with E-state index in [1.165, 1.54) is 32.1 Å². The average Bonchev–Trinajstić information content (AvgIpc) is 2.60. The summed E-state index contributed by atoms with van der Waals surface area (Å²) in [7, 11) is 0. The molecule has 3 nitrogen and oxygen atoms in total. The standard InChI is InChI=1S/C14H26N2O/c1-11(2)7-14(5-3-4-6-14)10-16-13(17)12-8-15-9-12/h11-12,15H,3-10H2,1-2H3,(H,16,17). The molecule has 1 heterocycles. The molecule has 0 spiro atoms. The molecule has 3 heteroatoms. The molecule has 2 fully saturated rings. The van der Waals surface area contributed by atoms with Gasteiger partial charge in [0.05, 0.1) is 5.92 Å². The Hall–Kier alpha value is -0.570. The zero-order valence-electron chi connectivity index (χ0n) is 11.2. The molecule has 0 aromatic rings. The molecule has 0 bridgehead atoms. The van der Waals surface area contributed by atoms with Gasteiger partial charge in [0, 0.05) is 19.6 Å². The highest BCUT2D eigenvalue weighted by molar-refractivity contribution is 5.80. The number of hydrogen-bond donors (Lipinski definition) is 2. The smallest absolute Gasteiger partial charge is 0.225 e. The normalized spacial score (nSPS) is 23.7. The third kappa shape index (κ3) is 3.21. The number of carbonyl (C=O) groups is 1. The van der Waals surface area contributed by atoms with Gasteiger partial charge in [0.1, 0.15) is 0 Å². The molecule has 0 radical (unpaired) electrons. The Balaban J connectivity index is 1.82. The largest absolute Gasteiger partial charge is 0.355 e. The van der Waals surface area contributed by atoms with Gasteiger partial charge in [-0.2, -0.15) is 0 Å². The first-order valence-corrected chi connectivity index (χ1v) is 7.10. The predicted octanol–water partition coefficient (Wildman–Crippen LogP) is 1.93. The van der Waals surface area contributed by atoms with Gasteiger partial charge >= 0.3 is 0 Å². The molecule has 98 valence electrons. The van der Waals surface area contributed by atoms with Gasteiger partial charge in [-0.3, -0.25) is 4.79 Å². The maximum Gasteiger partial charge on any atom is 0.225 e. The third-order valence-electron chi connectivity index (χ3n) is 4.30. The topological polar surface area (TPSA) is 41.1 Å². The summed E-state index contributed by atoms with van der Waals surface area (Å²) in [5.74, 6) is 1.22. The molecule has 1 aliphatic carbocycles. The maximum atomic E-state index is 11.9. The highest BCUT2D eigenvalue weighted by Crippen LogP contribution is 2.42. The lowest BCUT2D eigenvalue weighted by Gasteiger charge is -2.33. The van der Waals surface area contributed by atoms with Gasteiger partial charge in [0.15, 0.2) is 0 Å². The zero-order chi connectivity index (χ0) is 12.3. The summed E-state index contributed by atoms with van der Waals surface area (Å²) in [6.45, 7) is 7.21. The van der Waals surface area contributed by atoms with Crippen molar-refractivity contribution in [3.05, 3.63) is 0 Å². The van der Waals surface area contributed by atoms with Crippen LogP contribution >= 0.6 is 0 Å². The molecule has 0 unspecified atom stereocenters. The van der Waals surface area contributed by atoms with E-state index in [0.717, 1.165) is 25.6 Å². The average molecular weight is 238 g/mol. The van der Waals surface area contributed by atoms with E-state index >= 15 is 0 Å². The highest BCUT2D eigenvalue weighted by Gasteiger charge is 2.35. The van der Waals surface area contributed by atoms with Crippen LogP contribution in [0.1, 0.15) is 46.0 Å². The van der Waals surface area contributed by atoms with Crippen LogP contribution in [0.2, 0.25) is 0 Å². The Morgan fingerprint density at radius 3 is 2.47 bits per heavy atom.